The number of hydrogen-bond acceptors (Lipinski definition) is 4. The first kappa shape index (κ1) is 17.9. The maximum atomic E-state index is 12.3. The third-order valence-corrected chi connectivity index (χ3v) is 6.52. The number of aliphatic carboxylic acids is 1. The molecule has 2 N–H and O–H groups in total. The molecule has 0 unspecified atom stereocenters. The van der Waals surface area contributed by atoms with Gasteiger partial charge in [-0.3, -0.25) is 4.79 Å². The second-order valence-corrected chi connectivity index (χ2v) is 7.87. The predicted molar refractivity (Wildman–Crippen MR) is 93.3 cm³/mol. The molecule has 1 aromatic rings. The van der Waals surface area contributed by atoms with Crippen LogP contribution in [-0.4, -0.2) is 39.1 Å². The van der Waals surface area contributed by atoms with E-state index in [1.165, 1.54) is 16.7 Å². The fraction of sp³-hybridized carbons (Fsp3) is 0.500. The van der Waals surface area contributed by atoms with Gasteiger partial charge in [0.1, 0.15) is 12.7 Å². The average molecular weight is 363 g/mol. The minimum Gasteiger partial charge on any atom is -0.477 e. The van der Waals surface area contributed by atoms with E-state index in [1.807, 2.05) is 37.7 Å². The van der Waals surface area contributed by atoms with Crippen molar-refractivity contribution in [3.05, 3.63) is 40.2 Å². The number of thioether (sulfide) groups is 1. The van der Waals surface area contributed by atoms with Crippen molar-refractivity contribution >= 4 is 23.6 Å². The smallest absolute Gasteiger partial charge is 0.353 e. The Labute approximate surface area is 151 Å². The monoisotopic (exact) mass is 363 g/mol. The number of aliphatic hydroxyl groups is 1. The van der Waals surface area contributed by atoms with Crippen LogP contribution in [0.3, 0.4) is 0 Å². The predicted octanol–water partition coefficient (Wildman–Crippen LogP) is 1.21. The van der Waals surface area contributed by atoms with Gasteiger partial charge in [0.25, 0.3) is 0 Å². The van der Waals surface area contributed by atoms with Crippen LogP contribution in [-0.2, 0) is 22.4 Å². The Hall–Kier alpha value is -1.86. The van der Waals surface area contributed by atoms with Crippen LogP contribution in [0.5, 0.6) is 0 Å². The number of carbonyl (C=O) groups is 2. The number of nitrogens with zero attached hydrogens (tertiary/aromatic N) is 2. The van der Waals surface area contributed by atoms with Gasteiger partial charge in [0, 0.05) is 35.6 Å². The number of rotatable bonds is 5. The maximum Gasteiger partial charge on any atom is 0.353 e. The molecule has 2 aliphatic heterocycles. The van der Waals surface area contributed by atoms with Crippen molar-refractivity contribution in [2.24, 2.45) is 18.9 Å². The highest BCUT2D eigenvalue weighted by Crippen LogP contribution is 2.50. The highest BCUT2D eigenvalue weighted by atomic mass is 32.2. The highest BCUT2D eigenvalue weighted by Gasteiger charge is 2.59. The Morgan fingerprint density at radius 3 is 2.72 bits per heavy atom. The maximum absolute atomic E-state index is 12.3. The lowest BCUT2D eigenvalue weighted by Crippen LogP contribution is -2.63. The first-order chi connectivity index (χ1) is 11.7. The lowest BCUT2D eigenvalue weighted by molar-refractivity contribution is -0.677. The number of aryl methyl sites for hydroxylation is 2. The van der Waals surface area contributed by atoms with Crippen molar-refractivity contribution in [3.8, 4) is 0 Å². The van der Waals surface area contributed by atoms with Gasteiger partial charge in [-0.2, -0.15) is 0 Å². The van der Waals surface area contributed by atoms with Crippen LogP contribution in [0.2, 0.25) is 0 Å². The first-order valence-corrected chi connectivity index (χ1v) is 9.29. The van der Waals surface area contributed by atoms with E-state index in [9.17, 15) is 19.8 Å². The first-order valence-electron chi connectivity index (χ1n) is 8.30. The van der Waals surface area contributed by atoms with Crippen molar-refractivity contribution < 1.29 is 24.4 Å². The van der Waals surface area contributed by atoms with Crippen LogP contribution >= 0.6 is 11.8 Å². The van der Waals surface area contributed by atoms with E-state index >= 15 is 0 Å². The Balaban J connectivity index is 1.85. The lowest BCUT2D eigenvalue weighted by atomic mass is 9.79. The summed E-state index contributed by atoms with van der Waals surface area (Å²) in [5.74, 6) is -1.33. The molecule has 134 valence electrons. The molecule has 3 rings (SSSR count). The fourth-order valence-electron chi connectivity index (χ4n) is 3.71. The molecule has 3 heterocycles. The number of carboxylic acid groups (broad SMARTS) is 1. The SMILES string of the molecule is Cc1cc(CSC2=C(C(=O)O)N3C(=O)[C@H]([C@@H](C)O)[C@@H]3[C@H]2C)cc[n+]1C. The van der Waals surface area contributed by atoms with Gasteiger partial charge in [-0.25, -0.2) is 9.36 Å². The molecule has 25 heavy (non-hydrogen) atoms. The molecule has 0 spiro atoms. The molecule has 0 aliphatic carbocycles. The largest absolute Gasteiger partial charge is 0.477 e. The van der Waals surface area contributed by atoms with Crippen molar-refractivity contribution in [1.82, 2.24) is 4.90 Å². The Morgan fingerprint density at radius 2 is 2.16 bits per heavy atom. The topological polar surface area (TPSA) is 81.7 Å². The van der Waals surface area contributed by atoms with Gasteiger partial charge in [-0.15, -0.1) is 11.8 Å². The summed E-state index contributed by atoms with van der Waals surface area (Å²) in [6.07, 6.45) is 1.21. The highest BCUT2D eigenvalue weighted by molar-refractivity contribution is 8.02. The number of aliphatic hydroxyl groups excluding tert-OH is 1. The van der Waals surface area contributed by atoms with Crippen LogP contribution < -0.4 is 4.57 Å². The van der Waals surface area contributed by atoms with Crippen LogP contribution in [0, 0.1) is 18.8 Å². The molecule has 0 bridgehead atoms. The molecule has 1 fully saturated rings. The summed E-state index contributed by atoms with van der Waals surface area (Å²) in [6, 6.07) is 3.84. The molecule has 1 amide bonds. The van der Waals surface area contributed by atoms with E-state index in [-0.39, 0.29) is 23.6 Å². The van der Waals surface area contributed by atoms with E-state index in [1.54, 1.807) is 6.92 Å². The van der Waals surface area contributed by atoms with Gasteiger partial charge < -0.3 is 15.1 Å². The van der Waals surface area contributed by atoms with Gasteiger partial charge in [-0.1, -0.05) is 6.92 Å². The molecule has 0 aromatic carbocycles. The lowest BCUT2D eigenvalue weighted by Gasteiger charge is -2.46. The van der Waals surface area contributed by atoms with Crippen molar-refractivity contribution in [3.63, 3.8) is 0 Å². The summed E-state index contributed by atoms with van der Waals surface area (Å²) < 4.78 is 2.02. The third kappa shape index (κ3) is 2.85. The summed E-state index contributed by atoms with van der Waals surface area (Å²) >= 11 is 1.47. The molecular formula is C18H23N2O4S+. The van der Waals surface area contributed by atoms with E-state index < -0.39 is 18.0 Å². The van der Waals surface area contributed by atoms with Crippen molar-refractivity contribution in [2.75, 3.05) is 0 Å². The van der Waals surface area contributed by atoms with Gasteiger partial charge in [0.15, 0.2) is 11.9 Å². The van der Waals surface area contributed by atoms with Gasteiger partial charge in [0.05, 0.1) is 18.1 Å². The van der Waals surface area contributed by atoms with Crippen LogP contribution in [0.1, 0.15) is 25.1 Å². The Bertz CT molecular complexity index is 774. The average Bonchev–Trinajstić information content (AvgIpc) is 2.77. The number of carbonyl (C=O) groups excluding carboxylic acids is 1. The number of hydrogen-bond donors (Lipinski definition) is 2. The fourth-order valence-corrected chi connectivity index (χ4v) is 4.94. The minimum absolute atomic E-state index is 0.0857. The number of aromatic nitrogens is 1. The quantitative estimate of drug-likeness (QED) is 0.607. The molecule has 2 aliphatic rings. The van der Waals surface area contributed by atoms with Crippen LogP contribution in [0.25, 0.3) is 0 Å². The summed E-state index contributed by atoms with van der Waals surface area (Å²) in [7, 11) is 1.98. The number of carboxylic acids is 1. The summed E-state index contributed by atoms with van der Waals surface area (Å²) in [6.45, 7) is 5.55. The molecule has 1 saturated heterocycles. The molecule has 0 saturated carbocycles. The van der Waals surface area contributed by atoms with E-state index in [2.05, 4.69) is 6.07 Å². The number of fused-ring (bicyclic) bond motifs is 1. The number of pyridine rings is 1. The summed E-state index contributed by atoms with van der Waals surface area (Å²) in [5, 5.41) is 19.5. The van der Waals surface area contributed by atoms with E-state index in [0.717, 1.165) is 16.2 Å². The number of amides is 1. The summed E-state index contributed by atoms with van der Waals surface area (Å²) in [5.41, 5.74) is 2.32. The molecule has 0 radical (unpaired) electrons. The Kier molecular flexibility index (Phi) is 4.64. The molecular weight excluding hydrogens is 340 g/mol. The van der Waals surface area contributed by atoms with Crippen molar-refractivity contribution in [2.45, 2.75) is 38.7 Å². The van der Waals surface area contributed by atoms with Crippen LogP contribution in [0.4, 0.5) is 0 Å². The zero-order valence-electron chi connectivity index (χ0n) is 14.8. The second kappa shape index (κ2) is 6.46. The molecule has 7 heteroatoms. The molecule has 1 aromatic heterocycles. The van der Waals surface area contributed by atoms with Gasteiger partial charge in [0.2, 0.25) is 5.91 Å². The normalized spacial score (nSPS) is 26.5. The van der Waals surface area contributed by atoms with Crippen LogP contribution in [0.15, 0.2) is 28.9 Å². The minimum atomic E-state index is -1.08. The Morgan fingerprint density at radius 1 is 1.48 bits per heavy atom. The zero-order valence-corrected chi connectivity index (χ0v) is 15.6. The van der Waals surface area contributed by atoms with E-state index in [0.29, 0.717) is 5.75 Å². The molecule has 4 atom stereocenters. The number of β-lactam (4-membered cyclic amide) rings is 1. The standard InChI is InChI=1S/C18H22N2O4S/c1-9-7-12(5-6-19(9)4)8-25-16-10(2)14-13(11(3)21)17(22)20(14)15(16)18(23)24/h5-7,10-11,13-14,21H,8H2,1-4H3/p+1/t10-,11-,13-,14+/m1/s1. The van der Waals surface area contributed by atoms with Gasteiger partial charge >= 0.3 is 5.97 Å². The van der Waals surface area contributed by atoms with Crippen molar-refractivity contribution in [1.29, 1.82) is 0 Å². The van der Waals surface area contributed by atoms with E-state index in [4.69, 9.17) is 0 Å². The zero-order chi connectivity index (χ0) is 18.5. The third-order valence-electron chi connectivity index (χ3n) is 5.17. The second-order valence-electron chi connectivity index (χ2n) is 6.85. The summed E-state index contributed by atoms with van der Waals surface area (Å²) in [4.78, 5) is 26.1. The van der Waals surface area contributed by atoms with Gasteiger partial charge in [-0.05, 0) is 12.5 Å². The molecule has 6 nitrogen and oxygen atoms in total.